The monoisotopic (exact) mass is 328 g/mol. The summed E-state index contributed by atoms with van der Waals surface area (Å²) in [7, 11) is 0. The Kier molecular flexibility index (Phi) is 3.80. The number of hydrogen-bond acceptors (Lipinski definition) is 2. The Labute approximate surface area is 117 Å². The zero-order chi connectivity index (χ0) is 14.2. The molecule has 0 amide bonds. The first-order valence-corrected chi connectivity index (χ1v) is 6.36. The van der Waals surface area contributed by atoms with Gasteiger partial charge in [0.2, 0.25) is 0 Å². The first-order valence-electron chi connectivity index (χ1n) is 5.57. The molecule has 0 unspecified atom stereocenters. The summed E-state index contributed by atoms with van der Waals surface area (Å²) in [6, 6.07) is 3.19. The van der Waals surface area contributed by atoms with Gasteiger partial charge in [-0.15, -0.1) is 0 Å². The second-order valence-electron chi connectivity index (χ2n) is 4.24. The number of hydrogen-bond donors (Lipinski definition) is 0. The van der Waals surface area contributed by atoms with Crippen molar-refractivity contribution >= 4 is 15.9 Å². The molecule has 3 nitrogen and oxygen atoms in total. The van der Waals surface area contributed by atoms with E-state index in [1.54, 1.807) is 13.8 Å². The number of nitrogens with zero attached hydrogens (tertiary/aromatic N) is 2. The fourth-order valence-electron chi connectivity index (χ4n) is 1.85. The van der Waals surface area contributed by atoms with Crippen LogP contribution in [0.4, 0.5) is 8.78 Å². The molecule has 0 aliphatic heterocycles. The highest BCUT2D eigenvalue weighted by Gasteiger charge is 2.10. The van der Waals surface area contributed by atoms with Crippen molar-refractivity contribution < 1.29 is 8.78 Å². The summed E-state index contributed by atoms with van der Waals surface area (Å²) < 4.78 is 28.3. The maximum absolute atomic E-state index is 13.1. The number of aryl methyl sites for hydroxylation is 1. The van der Waals surface area contributed by atoms with Crippen LogP contribution in [0.5, 0.6) is 0 Å². The molecule has 0 N–H and O–H groups in total. The first kappa shape index (κ1) is 13.9. The predicted octanol–water partition coefficient (Wildman–Crippen LogP) is 2.95. The first-order chi connectivity index (χ1) is 8.88. The highest BCUT2D eigenvalue weighted by atomic mass is 79.9. The van der Waals surface area contributed by atoms with E-state index in [9.17, 15) is 13.6 Å². The lowest BCUT2D eigenvalue weighted by molar-refractivity contribution is 0.575. The maximum Gasteiger partial charge on any atom is 0.348 e. The smallest absolute Gasteiger partial charge is 0.291 e. The summed E-state index contributed by atoms with van der Waals surface area (Å²) in [4.78, 5) is 15.7. The Morgan fingerprint density at radius 2 is 1.79 bits per heavy atom. The highest BCUT2D eigenvalue weighted by Crippen LogP contribution is 2.18. The summed E-state index contributed by atoms with van der Waals surface area (Å²) in [5.74, 6) is -1.33. The van der Waals surface area contributed by atoms with Crippen molar-refractivity contribution in [1.29, 1.82) is 0 Å². The average molecular weight is 329 g/mol. The number of aromatic nitrogens is 2. The van der Waals surface area contributed by atoms with Crippen LogP contribution in [-0.4, -0.2) is 9.55 Å². The Morgan fingerprint density at radius 1 is 1.21 bits per heavy atom. The van der Waals surface area contributed by atoms with Gasteiger partial charge in [-0.1, -0.05) is 0 Å². The van der Waals surface area contributed by atoms with Gasteiger partial charge < -0.3 is 0 Å². The van der Waals surface area contributed by atoms with Gasteiger partial charge in [-0.25, -0.2) is 13.6 Å². The zero-order valence-electron chi connectivity index (χ0n) is 10.4. The molecule has 100 valence electrons. The Morgan fingerprint density at radius 3 is 2.37 bits per heavy atom. The third kappa shape index (κ3) is 2.89. The minimum Gasteiger partial charge on any atom is -0.291 e. The van der Waals surface area contributed by atoms with Gasteiger partial charge in [0.15, 0.2) is 0 Å². The third-order valence-corrected chi connectivity index (χ3v) is 3.95. The van der Waals surface area contributed by atoms with Gasteiger partial charge in [0.1, 0.15) is 11.6 Å². The SMILES string of the molecule is Cc1nc(=O)n(Cc2cc(F)cc(F)c2)c(C)c1Br. The average Bonchev–Trinajstić information content (AvgIpc) is 2.31. The molecule has 0 atom stereocenters. The van der Waals surface area contributed by atoms with Crippen molar-refractivity contribution in [3.8, 4) is 0 Å². The quantitative estimate of drug-likeness (QED) is 0.849. The second kappa shape index (κ2) is 5.21. The van der Waals surface area contributed by atoms with E-state index in [2.05, 4.69) is 20.9 Å². The zero-order valence-corrected chi connectivity index (χ0v) is 12.0. The Hall–Kier alpha value is -1.56. The molecular weight excluding hydrogens is 318 g/mol. The fraction of sp³-hybridized carbons (Fsp3) is 0.231. The van der Waals surface area contributed by atoms with Crippen LogP contribution in [0, 0.1) is 25.5 Å². The van der Waals surface area contributed by atoms with Gasteiger partial charge in [0.05, 0.1) is 16.7 Å². The van der Waals surface area contributed by atoms with Gasteiger partial charge in [-0.3, -0.25) is 4.57 Å². The van der Waals surface area contributed by atoms with Crippen LogP contribution in [0.3, 0.4) is 0 Å². The van der Waals surface area contributed by atoms with Crippen LogP contribution in [0.2, 0.25) is 0 Å². The van der Waals surface area contributed by atoms with E-state index >= 15 is 0 Å². The molecule has 0 saturated heterocycles. The summed E-state index contributed by atoms with van der Waals surface area (Å²) in [5, 5.41) is 0. The number of benzene rings is 1. The Balaban J connectivity index is 2.49. The molecule has 6 heteroatoms. The highest BCUT2D eigenvalue weighted by molar-refractivity contribution is 9.10. The predicted molar refractivity (Wildman–Crippen MR) is 71.1 cm³/mol. The molecular formula is C13H11BrF2N2O. The van der Waals surface area contributed by atoms with Gasteiger partial charge in [0.25, 0.3) is 0 Å². The van der Waals surface area contributed by atoms with E-state index in [1.807, 2.05) is 0 Å². The van der Waals surface area contributed by atoms with Gasteiger partial charge in [-0.05, 0) is 47.5 Å². The molecule has 0 saturated carbocycles. The van der Waals surface area contributed by atoms with E-state index in [0.29, 0.717) is 21.4 Å². The van der Waals surface area contributed by atoms with Crippen LogP contribution in [-0.2, 0) is 6.54 Å². The lowest BCUT2D eigenvalue weighted by Crippen LogP contribution is -2.27. The molecule has 0 aliphatic rings. The fourth-order valence-corrected chi connectivity index (χ4v) is 2.15. The third-order valence-electron chi connectivity index (χ3n) is 2.80. The summed E-state index contributed by atoms with van der Waals surface area (Å²) in [6.45, 7) is 3.53. The largest absolute Gasteiger partial charge is 0.348 e. The van der Waals surface area contributed by atoms with Crippen molar-refractivity contribution in [2.45, 2.75) is 20.4 Å². The molecule has 2 rings (SSSR count). The van der Waals surface area contributed by atoms with Crippen molar-refractivity contribution in [2.24, 2.45) is 0 Å². The van der Waals surface area contributed by atoms with Crippen LogP contribution < -0.4 is 5.69 Å². The van der Waals surface area contributed by atoms with Gasteiger partial charge >= 0.3 is 5.69 Å². The molecule has 1 aromatic carbocycles. The molecule has 0 radical (unpaired) electrons. The van der Waals surface area contributed by atoms with Crippen LogP contribution in [0.25, 0.3) is 0 Å². The summed E-state index contributed by atoms with van der Waals surface area (Å²) in [6.07, 6.45) is 0. The van der Waals surface area contributed by atoms with Gasteiger partial charge in [0, 0.05) is 11.8 Å². The lowest BCUT2D eigenvalue weighted by Gasteiger charge is -2.12. The van der Waals surface area contributed by atoms with E-state index in [-0.39, 0.29) is 6.54 Å². The molecule has 1 aromatic heterocycles. The van der Waals surface area contributed by atoms with Crippen molar-refractivity contribution in [1.82, 2.24) is 9.55 Å². The summed E-state index contributed by atoms with van der Waals surface area (Å²) >= 11 is 3.34. The van der Waals surface area contributed by atoms with Crippen molar-refractivity contribution in [2.75, 3.05) is 0 Å². The normalized spacial score (nSPS) is 10.8. The van der Waals surface area contributed by atoms with Gasteiger partial charge in [-0.2, -0.15) is 4.98 Å². The van der Waals surface area contributed by atoms with Crippen LogP contribution >= 0.6 is 15.9 Å². The minimum atomic E-state index is -0.667. The van der Waals surface area contributed by atoms with E-state index in [4.69, 9.17) is 0 Å². The standard InChI is InChI=1S/C13H11BrF2N2O/c1-7-12(14)8(2)18(13(19)17-7)6-9-3-10(15)5-11(16)4-9/h3-5H,6H2,1-2H3. The molecule has 0 fully saturated rings. The molecule has 19 heavy (non-hydrogen) atoms. The van der Waals surface area contributed by atoms with Crippen LogP contribution in [0.1, 0.15) is 17.0 Å². The minimum absolute atomic E-state index is 0.0746. The molecule has 0 spiro atoms. The topological polar surface area (TPSA) is 34.9 Å². The molecule has 2 aromatic rings. The second-order valence-corrected chi connectivity index (χ2v) is 5.04. The lowest BCUT2D eigenvalue weighted by atomic mass is 10.2. The maximum atomic E-state index is 13.1. The Bertz CT molecular complexity index is 678. The summed E-state index contributed by atoms with van der Waals surface area (Å²) in [5.41, 5.74) is 1.19. The number of rotatable bonds is 2. The molecule has 1 heterocycles. The van der Waals surface area contributed by atoms with Crippen molar-refractivity contribution in [3.63, 3.8) is 0 Å². The van der Waals surface area contributed by atoms with Crippen LogP contribution in [0.15, 0.2) is 27.5 Å². The number of halogens is 3. The van der Waals surface area contributed by atoms with E-state index in [1.165, 1.54) is 16.7 Å². The molecule has 0 bridgehead atoms. The van der Waals surface area contributed by atoms with E-state index in [0.717, 1.165) is 6.07 Å². The van der Waals surface area contributed by atoms with Crippen molar-refractivity contribution in [3.05, 3.63) is 61.7 Å². The van der Waals surface area contributed by atoms with E-state index < -0.39 is 17.3 Å². The molecule has 0 aliphatic carbocycles.